The van der Waals surface area contributed by atoms with E-state index in [2.05, 4.69) is 0 Å². The van der Waals surface area contributed by atoms with Gasteiger partial charge in [-0.2, -0.15) is 0 Å². The van der Waals surface area contributed by atoms with Crippen LogP contribution in [0.5, 0.6) is 0 Å². The maximum absolute atomic E-state index is 11.7. The van der Waals surface area contributed by atoms with Gasteiger partial charge in [0.05, 0.1) is 0 Å². The van der Waals surface area contributed by atoms with Gasteiger partial charge in [0.2, 0.25) is 0 Å². The number of rotatable bonds is 0. The third-order valence-electron chi connectivity index (χ3n) is 3.44. The van der Waals surface area contributed by atoms with Gasteiger partial charge in [-0.3, -0.25) is 0 Å². The van der Waals surface area contributed by atoms with E-state index in [1.54, 1.807) is 0 Å². The molecule has 2 nitrogen and oxygen atoms in total. The van der Waals surface area contributed by atoms with Crippen LogP contribution >= 0.6 is 0 Å². The van der Waals surface area contributed by atoms with Gasteiger partial charge >= 0.3 is 0 Å². The summed E-state index contributed by atoms with van der Waals surface area (Å²) in [5.41, 5.74) is 1.23. The highest BCUT2D eigenvalue weighted by atomic mass is 16.5. The van der Waals surface area contributed by atoms with Crippen molar-refractivity contribution in [2.24, 2.45) is 5.92 Å². The molecule has 1 atom stereocenters. The molecule has 0 radical (unpaired) electrons. The lowest BCUT2D eigenvalue weighted by Gasteiger charge is -2.13. The summed E-state index contributed by atoms with van der Waals surface area (Å²) in [6.45, 7) is 0.756. The molecule has 1 saturated carbocycles. The van der Waals surface area contributed by atoms with Gasteiger partial charge in [-0.1, -0.05) is 12.8 Å². The second-order valence-electron chi connectivity index (χ2n) is 4.39. The normalized spacial score (nSPS) is 30.6. The van der Waals surface area contributed by atoms with E-state index in [0.717, 1.165) is 19.4 Å². The Labute approximate surface area is 80.2 Å². The molecule has 1 unspecified atom stereocenters. The molecule has 1 heterocycles. The van der Waals surface area contributed by atoms with Crippen molar-refractivity contribution in [2.75, 3.05) is 6.54 Å². The number of hydrogen-bond acceptors (Lipinski definition) is 1. The summed E-state index contributed by atoms with van der Waals surface area (Å²) in [6.07, 6.45) is 9.88. The second kappa shape index (κ2) is 4.12. The van der Waals surface area contributed by atoms with E-state index < -0.39 is 0 Å². The summed E-state index contributed by atoms with van der Waals surface area (Å²) in [5, 5.41) is 11.7. The Bertz CT molecular complexity index is 210. The lowest BCUT2D eigenvalue weighted by molar-refractivity contribution is -0.460. The van der Waals surface area contributed by atoms with Crippen molar-refractivity contribution in [1.82, 2.24) is 0 Å². The van der Waals surface area contributed by atoms with Gasteiger partial charge in [-0.05, 0) is 25.7 Å². The van der Waals surface area contributed by atoms with Crippen molar-refractivity contribution in [3.8, 4) is 0 Å². The van der Waals surface area contributed by atoms with Crippen molar-refractivity contribution in [3.63, 3.8) is 0 Å². The Kier molecular flexibility index (Phi) is 2.87. The standard InChI is InChI=1S/C11H19NO/c13-12-9-5-4-7-10-6-2-1-3-8-11(10)12/h10H,1-9H2. The van der Waals surface area contributed by atoms with Crippen LogP contribution in [0.25, 0.3) is 0 Å². The molecule has 0 spiro atoms. The summed E-state index contributed by atoms with van der Waals surface area (Å²) in [4.78, 5) is 0. The first-order valence-electron chi connectivity index (χ1n) is 5.68. The molecule has 2 heteroatoms. The third-order valence-corrected chi connectivity index (χ3v) is 3.44. The Balaban J connectivity index is 2.17. The topological polar surface area (TPSA) is 26.1 Å². The molecule has 0 aromatic rings. The van der Waals surface area contributed by atoms with Crippen LogP contribution in [-0.2, 0) is 0 Å². The maximum Gasteiger partial charge on any atom is 0.166 e. The molecule has 1 aliphatic carbocycles. The molecule has 0 bridgehead atoms. The summed E-state index contributed by atoms with van der Waals surface area (Å²) in [6, 6.07) is 0. The van der Waals surface area contributed by atoms with E-state index in [1.807, 2.05) is 0 Å². The van der Waals surface area contributed by atoms with Crippen molar-refractivity contribution in [1.29, 1.82) is 0 Å². The highest BCUT2D eigenvalue weighted by molar-refractivity contribution is 5.82. The fourth-order valence-corrected chi connectivity index (χ4v) is 2.67. The van der Waals surface area contributed by atoms with Crippen LogP contribution in [-0.4, -0.2) is 17.0 Å². The van der Waals surface area contributed by atoms with Crippen molar-refractivity contribution in [3.05, 3.63) is 5.21 Å². The molecule has 0 amide bonds. The van der Waals surface area contributed by atoms with Gasteiger partial charge in [-0.15, -0.1) is 0 Å². The molecular formula is C11H19NO. The van der Waals surface area contributed by atoms with E-state index in [0.29, 0.717) is 5.92 Å². The molecule has 1 fully saturated rings. The summed E-state index contributed by atoms with van der Waals surface area (Å²) in [7, 11) is 0. The minimum absolute atomic E-state index is 0.641. The average Bonchev–Trinajstić information content (AvgIpc) is 2.43. The van der Waals surface area contributed by atoms with Gasteiger partial charge in [0.15, 0.2) is 12.3 Å². The highest BCUT2D eigenvalue weighted by Crippen LogP contribution is 2.26. The smallest absolute Gasteiger partial charge is 0.166 e. The zero-order valence-electron chi connectivity index (χ0n) is 8.30. The molecular weight excluding hydrogens is 162 g/mol. The van der Waals surface area contributed by atoms with Crippen LogP contribution < -0.4 is 0 Å². The minimum atomic E-state index is 0.641. The maximum atomic E-state index is 11.7. The lowest BCUT2D eigenvalue weighted by Crippen LogP contribution is -2.21. The monoisotopic (exact) mass is 181 g/mol. The largest absolute Gasteiger partial charge is 0.624 e. The number of fused-ring (bicyclic) bond motifs is 1. The molecule has 0 aromatic heterocycles. The van der Waals surface area contributed by atoms with Gasteiger partial charge in [-0.25, -0.2) is 4.74 Å². The minimum Gasteiger partial charge on any atom is -0.624 e. The molecule has 0 N–H and O–H groups in total. The first-order valence-corrected chi connectivity index (χ1v) is 5.68. The average molecular weight is 181 g/mol. The molecule has 2 rings (SSSR count). The number of hydrogen-bond donors (Lipinski definition) is 0. The Morgan fingerprint density at radius 2 is 1.77 bits per heavy atom. The zero-order valence-corrected chi connectivity index (χ0v) is 8.30. The predicted octanol–water partition coefficient (Wildman–Crippen LogP) is 2.70. The van der Waals surface area contributed by atoms with E-state index in [-0.39, 0.29) is 0 Å². The van der Waals surface area contributed by atoms with E-state index in [1.165, 1.54) is 49.0 Å². The Hall–Kier alpha value is -0.530. The third kappa shape index (κ3) is 2.04. The van der Waals surface area contributed by atoms with Crippen molar-refractivity contribution < 1.29 is 4.74 Å². The van der Waals surface area contributed by atoms with Gasteiger partial charge in [0.1, 0.15) is 0 Å². The van der Waals surface area contributed by atoms with E-state index in [4.69, 9.17) is 0 Å². The van der Waals surface area contributed by atoms with Crippen LogP contribution in [0.15, 0.2) is 0 Å². The van der Waals surface area contributed by atoms with Gasteiger partial charge < -0.3 is 5.21 Å². The van der Waals surface area contributed by atoms with Crippen LogP contribution in [0, 0.1) is 11.1 Å². The molecule has 0 aromatic carbocycles. The quantitative estimate of drug-likeness (QED) is 0.417. The van der Waals surface area contributed by atoms with Crippen LogP contribution in [0.3, 0.4) is 0 Å². The fourth-order valence-electron chi connectivity index (χ4n) is 2.67. The second-order valence-corrected chi connectivity index (χ2v) is 4.39. The van der Waals surface area contributed by atoms with Crippen molar-refractivity contribution >= 4 is 5.71 Å². The molecule has 1 aliphatic heterocycles. The molecule has 74 valence electrons. The first kappa shape index (κ1) is 9.04. The van der Waals surface area contributed by atoms with Crippen LogP contribution in [0.2, 0.25) is 0 Å². The first-order chi connectivity index (χ1) is 6.38. The van der Waals surface area contributed by atoms with Gasteiger partial charge in [0, 0.05) is 18.8 Å². The molecule has 13 heavy (non-hydrogen) atoms. The summed E-state index contributed by atoms with van der Waals surface area (Å²) < 4.78 is 1.31. The highest BCUT2D eigenvalue weighted by Gasteiger charge is 2.26. The van der Waals surface area contributed by atoms with E-state index in [9.17, 15) is 5.21 Å². The fraction of sp³-hybridized carbons (Fsp3) is 0.909. The van der Waals surface area contributed by atoms with E-state index >= 15 is 0 Å². The number of nitrogens with zero attached hydrogens (tertiary/aromatic N) is 1. The summed E-state index contributed by atoms with van der Waals surface area (Å²) >= 11 is 0. The number of hydroxylamine groups is 1. The zero-order chi connectivity index (χ0) is 9.10. The SMILES string of the molecule is [O-][N+]1=C2CCCCCC2CCCC1. The molecule has 0 saturated heterocycles. The molecule has 2 aliphatic rings. The Morgan fingerprint density at radius 3 is 2.62 bits per heavy atom. The van der Waals surface area contributed by atoms with Gasteiger partial charge in [0.25, 0.3) is 0 Å². The van der Waals surface area contributed by atoms with Crippen LogP contribution in [0.4, 0.5) is 0 Å². The Morgan fingerprint density at radius 1 is 1.00 bits per heavy atom. The van der Waals surface area contributed by atoms with Crippen LogP contribution in [0.1, 0.15) is 51.4 Å². The lowest BCUT2D eigenvalue weighted by atomic mass is 9.93. The summed E-state index contributed by atoms with van der Waals surface area (Å²) in [5.74, 6) is 0.641. The van der Waals surface area contributed by atoms with Crippen molar-refractivity contribution in [2.45, 2.75) is 51.4 Å². The predicted molar refractivity (Wildman–Crippen MR) is 53.9 cm³/mol.